The second-order valence-electron chi connectivity index (χ2n) is 3.56. The highest BCUT2D eigenvalue weighted by atomic mass is 16.5. The standard InChI is InChI=1S/C13H12O2/c1-9-3-4-10-7-13(15-2)12(8-14)6-11(10)5-9/h3-8H,1-2H3. The average molecular weight is 200 g/mol. The van der Waals surface area contributed by atoms with E-state index in [9.17, 15) is 4.79 Å². The third-order valence-corrected chi connectivity index (χ3v) is 2.47. The van der Waals surface area contributed by atoms with Crippen LogP contribution < -0.4 is 4.74 Å². The molecule has 0 aliphatic rings. The molecule has 0 aliphatic carbocycles. The number of aryl methyl sites for hydroxylation is 1. The van der Waals surface area contributed by atoms with E-state index in [4.69, 9.17) is 4.74 Å². The second kappa shape index (κ2) is 3.73. The van der Waals surface area contributed by atoms with Gasteiger partial charge in [0.05, 0.1) is 12.7 Å². The Bertz CT molecular complexity index is 515. The van der Waals surface area contributed by atoms with Crippen molar-refractivity contribution in [3.63, 3.8) is 0 Å². The van der Waals surface area contributed by atoms with E-state index in [-0.39, 0.29) is 0 Å². The average Bonchev–Trinajstić information content (AvgIpc) is 2.27. The summed E-state index contributed by atoms with van der Waals surface area (Å²) in [4.78, 5) is 10.8. The number of rotatable bonds is 2. The van der Waals surface area contributed by atoms with Crippen LogP contribution in [0.5, 0.6) is 5.75 Å². The van der Waals surface area contributed by atoms with Gasteiger partial charge in [-0.1, -0.05) is 23.8 Å². The highest BCUT2D eigenvalue weighted by Crippen LogP contribution is 2.25. The van der Waals surface area contributed by atoms with Crippen LogP contribution in [0.3, 0.4) is 0 Å². The van der Waals surface area contributed by atoms with Gasteiger partial charge in [0.2, 0.25) is 0 Å². The summed E-state index contributed by atoms with van der Waals surface area (Å²) < 4.78 is 5.14. The van der Waals surface area contributed by atoms with E-state index in [2.05, 4.69) is 6.07 Å². The molecule has 0 aromatic heterocycles. The van der Waals surface area contributed by atoms with Crippen LogP contribution in [-0.2, 0) is 0 Å². The predicted molar refractivity (Wildman–Crippen MR) is 60.6 cm³/mol. The summed E-state index contributed by atoms with van der Waals surface area (Å²) in [7, 11) is 1.57. The monoisotopic (exact) mass is 200 g/mol. The van der Waals surface area contributed by atoms with Crippen molar-refractivity contribution in [2.45, 2.75) is 6.92 Å². The molecule has 0 unspecified atom stereocenters. The summed E-state index contributed by atoms with van der Waals surface area (Å²) in [5.41, 5.74) is 1.78. The Morgan fingerprint density at radius 3 is 2.60 bits per heavy atom. The molecule has 0 heterocycles. The number of methoxy groups -OCH3 is 1. The fraction of sp³-hybridized carbons (Fsp3) is 0.154. The molecule has 76 valence electrons. The summed E-state index contributed by atoms with van der Waals surface area (Å²) in [6, 6.07) is 9.87. The highest BCUT2D eigenvalue weighted by Gasteiger charge is 2.04. The van der Waals surface area contributed by atoms with Crippen LogP contribution >= 0.6 is 0 Å². The van der Waals surface area contributed by atoms with Gasteiger partial charge in [-0.2, -0.15) is 0 Å². The van der Waals surface area contributed by atoms with Crippen LogP contribution in [0, 0.1) is 6.92 Å². The molecule has 2 rings (SSSR count). The van der Waals surface area contributed by atoms with E-state index < -0.39 is 0 Å². The normalized spacial score (nSPS) is 10.3. The van der Waals surface area contributed by atoms with Gasteiger partial charge < -0.3 is 4.74 Å². The molecule has 2 aromatic carbocycles. The maximum absolute atomic E-state index is 10.8. The summed E-state index contributed by atoms with van der Waals surface area (Å²) in [6.45, 7) is 2.03. The van der Waals surface area contributed by atoms with Crippen LogP contribution in [-0.4, -0.2) is 13.4 Å². The van der Waals surface area contributed by atoms with Gasteiger partial charge in [0.1, 0.15) is 5.75 Å². The van der Waals surface area contributed by atoms with Crippen molar-refractivity contribution >= 4 is 17.1 Å². The largest absolute Gasteiger partial charge is 0.496 e. The van der Waals surface area contributed by atoms with Gasteiger partial charge >= 0.3 is 0 Å². The van der Waals surface area contributed by atoms with E-state index in [0.717, 1.165) is 17.1 Å². The topological polar surface area (TPSA) is 26.3 Å². The molecule has 2 heteroatoms. The Kier molecular flexibility index (Phi) is 2.42. The van der Waals surface area contributed by atoms with Crippen molar-refractivity contribution in [2.24, 2.45) is 0 Å². The van der Waals surface area contributed by atoms with Crippen molar-refractivity contribution in [3.05, 3.63) is 41.5 Å². The van der Waals surface area contributed by atoms with Crippen molar-refractivity contribution in [1.29, 1.82) is 0 Å². The number of hydrogen-bond donors (Lipinski definition) is 0. The van der Waals surface area contributed by atoms with Crippen LogP contribution in [0.25, 0.3) is 10.8 Å². The maximum atomic E-state index is 10.8. The Balaban J connectivity index is 2.75. The van der Waals surface area contributed by atoms with E-state index in [1.165, 1.54) is 5.56 Å². The molecule has 2 aromatic rings. The molecule has 15 heavy (non-hydrogen) atoms. The Labute approximate surface area is 88.5 Å². The van der Waals surface area contributed by atoms with Crippen molar-refractivity contribution in [2.75, 3.05) is 7.11 Å². The number of benzene rings is 2. The van der Waals surface area contributed by atoms with Gasteiger partial charge in [0.25, 0.3) is 0 Å². The van der Waals surface area contributed by atoms with E-state index >= 15 is 0 Å². The summed E-state index contributed by atoms with van der Waals surface area (Å²) in [5.74, 6) is 0.626. The lowest BCUT2D eigenvalue weighted by Gasteiger charge is -2.06. The van der Waals surface area contributed by atoms with Gasteiger partial charge in [-0.25, -0.2) is 0 Å². The zero-order valence-electron chi connectivity index (χ0n) is 8.78. The quantitative estimate of drug-likeness (QED) is 0.696. The maximum Gasteiger partial charge on any atom is 0.153 e. The first-order valence-corrected chi connectivity index (χ1v) is 4.78. The Morgan fingerprint density at radius 2 is 1.93 bits per heavy atom. The minimum absolute atomic E-state index is 0.593. The zero-order valence-corrected chi connectivity index (χ0v) is 8.78. The summed E-state index contributed by atoms with van der Waals surface area (Å²) in [6.07, 6.45) is 0.820. The van der Waals surface area contributed by atoms with Crippen LogP contribution in [0.4, 0.5) is 0 Å². The Hall–Kier alpha value is -1.83. The Morgan fingerprint density at radius 1 is 1.13 bits per heavy atom. The van der Waals surface area contributed by atoms with E-state index in [1.54, 1.807) is 7.11 Å². The molecule has 0 spiro atoms. The van der Waals surface area contributed by atoms with Crippen molar-refractivity contribution < 1.29 is 9.53 Å². The molecule has 0 N–H and O–H groups in total. The smallest absolute Gasteiger partial charge is 0.153 e. The lowest BCUT2D eigenvalue weighted by Crippen LogP contribution is -1.90. The SMILES string of the molecule is COc1cc2ccc(C)cc2cc1C=O. The molecule has 0 atom stereocenters. The fourth-order valence-corrected chi connectivity index (χ4v) is 1.68. The zero-order chi connectivity index (χ0) is 10.8. The first kappa shape index (κ1) is 9.71. The molecular weight excluding hydrogens is 188 g/mol. The molecule has 0 amide bonds. The van der Waals surface area contributed by atoms with Gasteiger partial charge in [-0.05, 0) is 29.8 Å². The molecule has 0 saturated heterocycles. The number of hydrogen-bond acceptors (Lipinski definition) is 2. The lowest BCUT2D eigenvalue weighted by atomic mass is 10.0. The molecule has 0 bridgehead atoms. The molecule has 0 fully saturated rings. The van der Waals surface area contributed by atoms with Gasteiger partial charge in [-0.15, -0.1) is 0 Å². The molecule has 0 radical (unpaired) electrons. The minimum atomic E-state index is 0.593. The van der Waals surface area contributed by atoms with E-state index in [0.29, 0.717) is 11.3 Å². The van der Waals surface area contributed by atoms with Crippen molar-refractivity contribution in [3.8, 4) is 5.75 Å². The van der Waals surface area contributed by atoms with Gasteiger partial charge in [-0.3, -0.25) is 4.79 Å². The molecule has 2 nitrogen and oxygen atoms in total. The third-order valence-electron chi connectivity index (χ3n) is 2.47. The van der Waals surface area contributed by atoms with Crippen LogP contribution in [0.2, 0.25) is 0 Å². The molecule has 0 saturated carbocycles. The third kappa shape index (κ3) is 1.71. The fourth-order valence-electron chi connectivity index (χ4n) is 1.68. The molecule has 0 aliphatic heterocycles. The highest BCUT2D eigenvalue weighted by molar-refractivity contribution is 5.92. The summed E-state index contributed by atoms with van der Waals surface area (Å²) >= 11 is 0. The number of ether oxygens (including phenoxy) is 1. The van der Waals surface area contributed by atoms with Gasteiger partial charge in [0.15, 0.2) is 6.29 Å². The number of carbonyl (C=O) groups excluding carboxylic acids is 1. The first-order chi connectivity index (χ1) is 7.24. The summed E-state index contributed by atoms with van der Waals surface area (Å²) in [5, 5.41) is 2.15. The number of carbonyl (C=O) groups is 1. The van der Waals surface area contributed by atoms with E-state index in [1.807, 2.05) is 31.2 Å². The predicted octanol–water partition coefficient (Wildman–Crippen LogP) is 2.97. The number of fused-ring (bicyclic) bond motifs is 1. The number of aldehydes is 1. The van der Waals surface area contributed by atoms with Crippen LogP contribution in [0.1, 0.15) is 15.9 Å². The minimum Gasteiger partial charge on any atom is -0.496 e. The lowest BCUT2D eigenvalue weighted by molar-refractivity contribution is 0.112. The van der Waals surface area contributed by atoms with Gasteiger partial charge in [0, 0.05) is 0 Å². The second-order valence-corrected chi connectivity index (χ2v) is 3.56. The van der Waals surface area contributed by atoms with Crippen LogP contribution in [0.15, 0.2) is 30.3 Å². The first-order valence-electron chi connectivity index (χ1n) is 4.78. The molecular formula is C13H12O2. The van der Waals surface area contributed by atoms with Crippen molar-refractivity contribution in [1.82, 2.24) is 0 Å².